The molecule has 1 saturated heterocycles. The molecular weight excluding hydrogens is 334 g/mol. The minimum absolute atomic E-state index is 0.0533. The number of pyridine rings is 1. The zero-order valence-electron chi connectivity index (χ0n) is 14.7. The molecule has 0 spiro atoms. The molecule has 0 radical (unpaired) electrons. The first-order chi connectivity index (χ1) is 12.0. The third kappa shape index (κ3) is 2.82. The molecule has 25 heavy (non-hydrogen) atoms. The number of aryl methyl sites for hydroxylation is 3. The van der Waals surface area contributed by atoms with Gasteiger partial charge >= 0.3 is 0 Å². The number of aromatic nitrogens is 4. The summed E-state index contributed by atoms with van der Waals surface area (Å²) in [5.74, 6) is 0.0533. The highest BCUT2D eigenvalue weighted by molar-refractivity contribution is 7.09. The number of piperidine rings is 1. The Morgan fingerprint density at radius 3 is 2.84 bits per heavy atom. The van der Waals surface area contributed by atoms with Crippen LogP contribution >= 0.6 is 11.3 Å². The van der Waals surface area contributed by atoms with Gasteiger partial charge in [-0.05, 0) is 46.1 Å². The number of thiazole rings is 1. The van der Waals surface area contributed by atoms with Crippen LogP contribution < -0.4 is 0 Å². The predicted molar refractivity (Wildman–Crippen MR) is 97.8 cm³/mol. The number of H-pyrrole nitrogens is 1. The summed E-state index contributed by atoms with van der Waals surface area (Å²) in [6.45, 7) is 6.60. The van der Waals surface area contributed by atoms with Gasteiger partial charge in [-0.25, -0.2) is 9.97 Å². The smallest absolute Gasteiger partial charge is 0.255 e. The highest BCUT2D eigenvalue weighted by Gasteiger charge is 2.32. The number of likely N-dealkylation sites (tertiary alicyclic amines) is 1. The Kier molecular flexibility index (Phi) is 4.03. The predicted octanol–water partition coefficient (Wildman–Crippen LogP) is 3.71. The molecule has 3 aromatic rings. The van der Waals surface area contributed by atoms with Crippen molar-refractivity contribution in [1.82, 2.24) is 25.1 Å². The van der Waals surface area contributed by atoms with Crippen molar-refractivity contribution >= 4 is 28.3 Å². The molecule has 3 aromatic heterocycles. The van der Waals surface area contributed by atoms with Crippen LogP contribution in [0.15, 0.2) is 11.4 Å². The lowest BCUT2D eigenvalue weighted by atomic mass is 10.00. The molecular formula is C18H21N5OS. The fraction of sp³-hybridized carbons (Fsp3) is 0.444. The van der Waals surface area contributed by atoms with Gasteiger partial charge < -0.3 is 4.90 Å². The number of carbonyl (C=O) groups excluding carboxylic acids is 1. The van der Waals surface area contributed by atoms with Crippen molar-refractivity contribution < 1.29 is 4.79 Å². The summed E-state index contributed by atoms with van der Waals surface area (Å²) in [5.41, 5.74) is 4.00. The van der Waals surface area contributed by atoms with Crippen molar-refractivity contribution in [3.63, 3.8) is 0 Å². The van der Waals surface area contributed by atoms with Crippen LogP contribution in [0.5, 0.6) is 0 Å². The molecule has 0 bridgehead atoms. The first-order valence-electron chi connectivity index (χ1n) is 8.60. The van der Waals surface area contributed by atoms with E-state index in [2.05, 4.69) is 25.5 Å². The first kappa shape index (κ1) is 16.2. The van der Waals surface area contributed by atoms with Gasteiger partial charge in [0.1, 0.15) is 5.01 Å². The number of aromatic amines is 1. The second kappa shape index (κ2) is 6.22. The van der Waals surface area contributed by atoms with Crippen molar-refractivity contribution in [1.29, 1.82) is 0 Å². The summed E-state index contributed by atoms with van der Waals surface area (Å²) in [6.07, 6.45) is 3.13. The summed E-state index contributed by atoms with van der Waals surface area (Å²) >= 11 is 1.65. The van der Waals surface area contributed by atoms with E-state index in [9.17, 15) is 4.79 Å². The average Bonchev–Trinajstić information content (AvgIpc) is 3.20. The molecule has 0 saturated carbocycles. The quantitative estimate of drug-likeness (QED) is 0.760. The molecule has 1 amide bonds. The van der Waals surface area contributed by atoms with Crippen molar-refractivity contribution in [2.45, 2.75) is 46.1 Å². The summed E-state index contributed by atoms with van der Waals surface area (Å²) < 4.78 is 0. The number of carbonyl (C=O) groups is 1. The Balaban J connectivity index is 1.77. The van der Waals surface area contributed by atoms with E-state index in [-0.39, 0.29) is 11.9 Å². The largest absolute Gasteiger partial charge is 0.329 e. The summed E-state index contributed by atoms with van der Waals surface area (Å²) in [5, 5.41) is 11.1. The van der Waals surface area contributed by atoms with Crippen LogP contribution in [-0.4, -0.2) is 37.5 Å². The van der Waals surface area contributed by atoms with Crippen LogP contribution in [0.2, 0.25) is 0 Å². The number of hydrogen-bond acceptors (Lipinski definition) is 5. The van der Waals surface area contributed by atoms with Gasteiger partial charge in [-0.3, -0.25) is 9.89 Å². The summed E-state index contributed by atoms with van der Waals surface area (Å²) in [7, 11) is 0. The standard InChI is InChI=1S/C18H21N5OS/c1-10-8-13(15-12(3)21-22-16(15)19-10)18(24)23-7-5-4-6-14(23)17-20-11(2)9-25-17/h8-9,14H,4-7H2,1-3H3,(H,19,21,22). The van der Waals surface area contributed by atoms with E-state index in [4.69, 9.17) is 0 Å². The molecule has 130 valence electrons. The monoisotopic (exact) mass is 355 g/mol. The zero-order valence-corrected chi connectivity index (χ0v) is 15.5. The number of hydrogen-bond donors (Lipinski definition) is 1. The molecule has 1 unspecified atom stereocenters. The minimum Gasteiger partial charge on any atom is -0.329 e. The van der Waals surface area contributed by atoms with E-state index in [1.165, 1.54) is 0 Å². The normalized spacial score (nSPS) is 18.0. The van der Waals surface area contributed by atoms with E-state index in [1.807, 2.05) is 31.7 Å². The lowest BCUT2D eigenvalue weighted by Gasteiger charge is -2.34. The van der Waals surface area contributed by atoms with Gasteiger partial charge in [-0.2, -0.15) is 5.10 Å². The van der Waals surface area contributed by atoms with Crippen molar-refractivity contribution in [2.75, 3.05) is 6.54 Å². The third-order valence-electron chi connectivity index (χ3n) is 4.75. The lowest BCUT2D eigenvalue weighted by Crippen LogP contribution is -2.38. The van der Waals surface area contributed by atoms with Crippen molar-refractivity contribution in [2.24, 2.45) is 0 Å². The fourth-order valence-electron chi connectivity index (χ4n) is 3.58. The van der Waals surface area contributed by atoms with Crippen LogP contribution in [0.1, 0.15) is 57.8 Å². The molecule has 6 nitrogen and oxygen atoms in total. The third-order valence-corrected chi connectivity index (χ3v) is 5.81. The number of amides is 1. The van der Waals surface area contributed by atoms with Gasteiger partial charge in [0.25, 0.3) is 5.91 Å². The number of rotatable bonds is 2. The molecule has 7 heteroatoms. The van der Waals surface area contributed by atoms with Gasteiger partial charge in [0.2, 0.25) is 0 Å². The molecule has 1 atom stereocenters. The van der Waals surface area contributed by atoms with Crippen LogP contribution in [0, 0.1) is 20.8 Å². The minimum atomic E-state index is 0.0533. The molecule has 1 aliphatic rings. The summed E-state index contributed by atoms with van der Waals surface area (Å²) in [6, 6.07) is 1.95. The zero-order chi connectivity index (χ0) is 17.6. The van der Waals surface area contributed by atoms with Gasteiger partial charge in [0.05, 0.1) is 17.0 Å². The van der Waals surface area contributed by atoms with E-state index >= 15 is 0 Å². The molecule has 4 heterocycles. The van der Waals surface area contributed by atoms with E-state index < -0.39 is 0 Å². The maximum absolute atomic E-state index is 13.4. The number of fused-ring (bicyclic) bond motifs is 1. The fourth-order valence-corrected chi connectivity index (χ4v) is 4.52. The van der Waals surface area contributed by atoms with Crippen LogP contribution in [0.3, 0.4) is 0 Å². The topological polar surface area (TPSA) is 74.8 Å². The van der Waals surface area contributed by atoms with Crippen molar-refractivity contribution in [3.05, 3.63) is 39.1 Å². The van der Waals surface area contributed by atoms with E-state index in [0.29, 0.717) is 11.2 Å². The molecule has 4 rings (SSSR count). The molecule has 0 aliphatic carbocycles. The SMILES string of the molecule is Cc1csc(C2CCCCN2C(=O)c2cc(C)nc3n[nH]c(C)c23)n1. The highest BCUT2D eigenvalue weighted by Crippen LogP contribution is 2.35. The number of nitrogens with zero attached hydrogens (tertiary/aromatic N) is 4. The Hall–Kier alpha value is -2.28. The van der Waals surface area contributed by atoms with Crippen LogP contribution in [-0.2, 0) is 0 Å². The Labute approximate surface area is 150 Å². The Bertz CT molecular complexity index is 944. The second-order valence-corrected chi connectivity index (χ2v) is 7.59. The number of nitrogens with one attached hydrogen (secondary N) is 1. The van der Waals surface area contributed by atoms with Crippen molar-refractivity contribution in [3.8, 4) is 0 Å². The first-order valence-corrected chi connectivity index (χ1v) is 9.48. The average molecular weight is 355 g/mol. The molecule has 1 fully saturated rings. The maximum Gasteiger partial charge on any atom is 0.255 e. The Morgan fingerprint density at radius 2 is 2.08 bits per heavy atom. The van der Waals surface area contributed by atoms with E-state index in [0.717, 1.165) is 53.3 Å². The Morgan fingerprint density at radius 1 is 1.24 bits per heavy atom. The summed E-state index contributed by atoms with van der Waals surface area (Å²) in [4.78, 5) is 24.5. The molecule has 0 aromatic carbocycles. The maximum atomic E-state index is 13.4. The van der Waals surface area contributed by atoms with Crippen LogP contribution in [0.25, 0.3) is 11.0 Å². The molecule has 1 N–H and O–H groups in total. The van der Waals surface area contributed by atoms with Crippen LogP contribution in [0.4, 0.5) is 0 Å². The van der Waals surface area contributed by atoms with Gasteiger partial charge in [0.15, 0.2) is 5.65 Å². The van der Waals surface area contributed by atoms with Gasteiger partial charge in [0, 0.05) is 29.0 Å². The van der Waals surface area contributed by atoms with E-state index in [1.54, 1.807) is 11.3 Å². The lowest BCUT2D eigenvalue weighted by molar-refractivity contribution is 0.0613. The van der Waals surface area contributed by atoms with Gasteiger partial charge in [-0.1, -0.05) is 0 Å². The second-order valence-electron chi connectivity index (χ2n) is 6.70. The van der Waals surface area contributed by atoms with Gasteiger partial charge in [-0.15, -0.1) is 11.3 Å². The highest BCUT2D eigenvalue weighted by atomic mass is 32.1. The molecule has 1 aliphatic heterocycles.